The Hall–Kier alpha value is -2.34. The van der Waals surface area contributed by atoms with Crippen molar-refractivity contribution in [3.63, 3.8) is 0 Å². The van der Waals surface area contributed by atoms with Crippen molar-refractivity contribution in [1.29, 1.82) is 0 Å². The van der Waals surface area contributed by atoms with Crippen LogP contribution in [0.2, 0.25) is 0 Å². The third-order valence-corrected chi connectivity index (χ3v) is 8.76. The monoisotopic (exact) mass is 455 g/mol. The summed E-state index contributed by atoms with van der Waals surface area (Å²) in [5, 5.41) is 15.1. The van der Waals surface area contributed by atoms with Crippen molar-refractivity contribution in [3.05, 3.63) is 41.3 Å². The number of unbranched alkanes of at least 4 members (excludes halogenated alkanes) is 1. The van der Waals surface area contributed by atoms with Gasteiger partial charge in [0.25, 0.3) is 5.91 Å². The Labute approximate surface area is 193 Å². The van der Waals surface area contributed by atoms with E-state index in [-0.39, 0.29) is 18.4 Å². The van der Waals surface area contributed by atoms with E-state index < -0.39 is 5.97 Å². The number of methoxy groups -OCH3 is 1. The first-order valence-electron chi connectivity index (χ1n) is 11.5. The second-order valence-corrected chi connectivity index (χ2v) is 10.8. The number of hydrogen-bond acceptors (Lipinski definition) is 4. The molecule has 0 saturated heterocycles. The number of benzene rings is 1. The molecule has 1 amide bonds. The molecule has 32 heavy (non-hydrogen) atoms. The highest BCUT2D eigenvalue weighted by Crippen LogP contribution is 2.62. The van der Waals surface area contributed by atoms with Crippen molar-refractivity contribution in [1.82, 2.24) is 5.32 Å². The van der Waals surface area contributed by atoms with Gasteiger partial charge in [-0.15, -0.1) is 11.3 Å². The molecule has 3 fully saturated rings. The summed E-state index contributed by atoms with van der Waals surface area (Å²) in [6, 6.07) is 6.05. The van der Waals surface area contributed by atoms with E-state index in [1.165, 1.54) is 6.42 Å². The number of thiophene rings is 1. The molecule has 3 aliphatic rings. The molecule has 0 radical (unpaired) electrons. The second-order valence-electron chi connectivity index (χ2n) is 9.84. The minimum Gasteiger partial charge on any atom is -0.497 e. The van der Waals surface area contributed by atoms with E-state index in [0.29, 0.717) is 29.6 Å². The molecule has 0 unspecified atom stereocenters. The number of carbonyl (C=O) groups excluding carboxylic acids is 1. The van der Waals surface area contributed by atoms with Crippen LogP contribution >= 0.6 is 11.3 Å². The Kier molecular flexibility index (Phi) is 6.61. The maximum absolute atomic E-state index is 13.3. The van der Waals surface area contributed by atoms with E-state index in [4.69, 9.17) is 9.84 Å². The summed E-state index contributed by atoms with van der Waals surface area (Å²) >= 11 is 1.59. The van der Waals surface area contributed by atoms with Gasteiger partial charge in [0, 0.05) is 27.9 Å². The van der Waals surface area contributed by atoms with Gasteiger partial charge >= 0.3 is 5.97 Å². The molecule has 0 aliphatic heterocycles. The minimum absolute atomic E-state index is 0.00375. The van der Waals surface area contributed by atoms with Crippen LogP contribution < -0.4 is 10.1 Å². The van der Waals surface area contributed by atoms with Crippen LogP contribution in [0.25, 0.3) is 10.1 Å². The Bertz CT molecular complexity index is 1020. The van der Waals surface area contributed by atoms with Gasteiger partial charge in [0.2, 0.25) is 0 Å². The lowest BCUT2D eigenvalue weighted by Gasteiger charge is -2.62. The fourth-order valence-electron chi connectivity index (χ4n) is 5.74. The zero-order valence-corrected chi connectivity index (χ0v) is 19.9. The molecule has 172 valence electrons. The summed E-state index contributed by atoms with van der Waals surface area (Å²) in [7, 11) is 1.64. The lowest BCUT2D eigenvalue weighted by molar-refractivity contribution is -0.137. The second kappa shape index (κ2) is 9.26. The molecular weight excluding hydrogens is 422 g/mol. The first-order chi connectivity index (χ1) is 15.3. The third-order valence-electron chi connectivity index (χ3n) is 7.80. The van der Waals surface area contributed by atoms with Crippen LogP contribution in [-0.4, -0.2) is 30.1 Å². The van der Waals surface area contributed by atoms with E-state index in [1.807, 2.05) is 23.6 Å². The first-order valence-corrected chi connectivity index (χ1v) is 12.4. The molecule has 3 saturated carbocycles. The highest BCUT2D eigenvalue weighted by Gasteiger charge is 2.57. The van der Waals surface area contributed by atoms with Crippen LogP contribution in [0.5, 0.6) is 5.75 Å². The largest absolute Gasteiger partial charge is 0.497 e. The van der Waals surface area contributed by atoms with Gasteiger partial charge in [-0.2, -0.15) is 0 Å². The van der Waals surface area contributed by atoms with E-state index in [1.54, 1.807) is 18.4 Å². The number of amides is 1. The SMILES string of the molecule is COc1ccc2scc(C(=O)N[C@@H]3C[C@H]4C[C@@H]([C@@H]3CC=CCCCC(=O)O)C4(C)C)c2c1. The lowest BCUT2D eigenvalue weighted by Crippen LogP contribution is -2.61. The van der Waals surface area contributed by atoms with Crippen LogP contribution in [0.1, 0.15) is 62.7 Å². The van der Waals surface area contributed by atoms with Gasteiger partial charge in [-0.25, -0.2) is 0 Å². The van der Waals surface area contributed by atoms with E-state index in [2.05, 4.69) is 31.3 Å². The molecule has 6 heteroatoms. The number of fused-ring (bicyclic) bond motifs is 3. The Morgan fingerprint density at radius 2 is 2.09 bits per heavy atom. The summed E-state index contributed by atoms with van der Waals surface area (Å²) in [5.41, 5.74) is 1.05. The Morgan fingerprint density at radius 1 is 1.28 bits per heavy atom. The molecule has 0 spiro atoms. The number of allylic oxidation sites excluding steroid dienone is 2. The van der Waals surface area contributed by atoms with Gasteiger partial charge in [-0.1, -0.05) is 26.0 Å². The number of rotatable bonds is 9. The van der Waals surface area contributed by atoms with Gasteiger partial charge in [-0.3, -0.25) is 9.59 Å². The number of aliphatic carboxylic acids is 1. The fraction of sp³-hybridized carbons (Fsp3) is 0.538. The molecular formula is C26H33NO4S. The minimum atomic E-state index is -0.741. The first kappa shape index (κ1) is 22.8. The van der Waals surface area contributed by atoms with Crippen LogP contribution in [0.4, 0.5) is 0 Å². The molecule has 2 aromatic rings. The summed E-state index contributed by atoms with van der Waals surface area (Å²) in [5.74, 6) is 1.70. The van der Waals surface area contributed by atoms with Gasteiger partial charge in [0.1, 0.15) is 5.75 Å². The highest BCUT2D eigenvalue weighted by atomic mass is 32.1. The van der Waals surface area contributed by atoms with E-state index in [9.17, 15) is 9.59 Å². The highest BCUT2D eigenvalue weighted by molar-refractivity contribution is 7.17. The van der Waals surface area contributed by atoms with Crippen molar-refractivity contribution in [2.45, 2.75) is 58.4 Å². The number of carbonyl (C=O) groups is 2. The standard InChI is InChI=1S/C26H33NO4S/c1-26(2)16-12-21(26)18(8-6-4-5-7-9-24(28)29)22(13-16)27-25(30)20-15-32-23-11-10-17(31-3)14-19(20)23/h4,6,10-11,14-16,18,21-22H,5,7-9,12-13H2,1-3H3,(H,27,30)(H,28,29)/t16-,18+,21+,22-/m1/s1. The van der Waals surface area contributed by atoms with Crippen molar-refractivity contribution < 1.29 is 19.4 Å². The molecule has 5 rings (SSSR count). The normalized spacial score (nSPS) is 26.1. The van der Waals surface area contributed by atoms with Crippen molar-refractivity contribution in [3.8, 4) is 5.75 Å². The maximum Gasteiger partial charge on any atom is 0.303 e. The van der Waals surface area contributed by atoms with Crippen molar-refractivity contribution in [2.75, 3.05) is 7.11 Å². The molecule has 4 atom stereocenters. The van der Waals surface area contributed by atoms with Crippen LogP contribution in [0.3, 0.4) is 0 Å². The molecule has 1 aromatic carbocycles. The lowest BCUT2D eigenvalue weighted by atomic mass is 9.44. The van der Waals surface area contributed by atoms with Crippen LogP contribution in [0.15, 0.2) is 35.7 Å². The number of hydrogen-bond donors (Lipinski definition) is 2. The summed E-state index contributed by atoms with van der Waals surface area (Å²) in [6.07, 6.45) is 9.18. The molecule has 3 aliphatic carbocycles. The zero-order chi connectivity index (χ0) is 22.9. The number of carboxylic acids is 1. The smallest absolute Gasteiger partial charge is 0.303 e. The third kappa shape index (κ3) is 4.42. The van der Waals surface area contributed by atoms with Crippen molar-refractivity contribution >= 4 is 33.3 Å². The van der Waals surface area contributed by atoms with Gasteiger partial charge in [-0.05, 0) is 73.5 Å². The summed E-state index contributed by atoms with van der Waals surface area (Å²) in [4.78, 5) is 24.0. The topological polar surface area (TPSA) is 75.6 Å². The Balaban J connectivity index is 1.46. The van der Waals surface area contributed by atoms with Crippen LogP contribution in [0, 0.1) is 23.2 Å². The fourth-order valence-corrected chi connectivity index (χ4v) is 6.66. The quantitative estimate of drug-likeness (QED) is 0.365. The van der Waals surface area contributed by atoms with Gasteiger partial charge in [0.15, 0.2) is 0 Å². The number of ether oxygens (including phenoxy) is 1. The van der Waals surface area contributed by atoms with E-state index >= 15 is 0 Å². The molecule has 5 nitrogen and oxygen atoms in total. The predicted molar refractivity (Wildman–Crippen MR) is 128 cm³/mol. The molecule has 1 heterocycles. The number of carboxylic acid groups (broad SMARTS) is 1. The number of nitrogens with one attached hydrogen (secondary N) is 1. The predicted octanol–water partition coefficient (Wildman–Crippen LogP) is 5.89. The Morgan fingerprint density at radius 3 is 2.81 bits per heavy atom. The van der Waals surface area contributed by atoms with Crippen LogP contribution in [-0.2, 0) is 4.79 Å². The maximum atomic E-state index is 13.3. The van der Waals surface area contributed by atoms with E-state index in [0.717, 1.165) is 40.7 Å². The summed E-state index contributed by atoms with van der Waals surface area (Å²) in [6.45, 7) is 4.73. The van der Waals surface area contributed by atoms with Gasteiger partial charge < -0.3 is 15.2 Å². The molecule has 2 bridgehead atoms. The zero-order valence-electron chi connectivity index (χ0n) is 19.1. The summed E-state index contributed by atoms with van der Waals surface area (Å²) < 4.78 is 6.44. The molecule has 2 N–H and O–H groups in total. The van der Waals surface area contributed by atoms with Gasteiger partial charge in [0.05, 0.1) is 12.7 Å². The molecule has 1 aromatic heterocycles. The average molecular weight is 456 g/mol. The van der Waals surface area contributed by atoms with Crippen molar-refractivity contribution in [2.24, 2.45) is 23.2 Å². The average Bonchev–Trinajstić information content (AvgIpc) is 3.19.